The van der Waals surface area contributed by atoms with Crippen LogP contribution in [0.5, 0.6) is 0 Å². The molecule has 1 saturated heterocycles. The van der Waals surface area contributed by atoms with Crippen LogP contribution in [0.1, 0.15) is 29.3 Å². The molecule has 5 heteroatoms. The van der Waals surface area contributed by atoms with E-state index in [0.29, 0.717) is 18.3 Å². The highest BCUT2D eigenvalue weighted by Gasteiger charge is 2.24. The number of thiophene rings is 1. The van der Waals surface area contributed by atoms with E-state index >= 15 is 0 Å². The minimum absolute atomic E-state index is 0.112. The van der Waals surface area contributed by atoms with Gasteiger partial charge in [-0.25, -0.2) is 0 Å². The average Bonchev–Trinajstić information content (AvgIpc) is 3.29. The van der Waals surface area contributed by atoms with Gasteiger partial charge in [-0.2, -0.15) is 0 Å². The van der Waals surface area contributed by atoms with Crippen molar-refractivity contribution < 1.29 is 4.79 Å². The van der Waals surface area contributed by atoms with E-state index in [-0.39, 0.29) is 5.91 Å². The molecule has 0 saturated carbocycles. The van der Waals surface area contributed by atoms with Gasteiger partial charge in [0.2, 0.25) is 5.91 Å². The molecule has 3 rings (SSSR count). The monoisotopic (exact) mass is 360 g/mol. The summed E-state index contributed by atoms with van der Waals surface area (Å²) in [4.78, 5) is 17.2. The van der Waals surface area contributed by atoms with Crippen molar-refractivity contribution in [3.8, 4) is 0 Å². The molecule has 0 radical (unpaired) electrons. The Kier molecular flexibility index (Phi) is 6.35. The number of nitrogens with one attached hydrogen (secondary N) is 1. The van der Waals surface area contributed by atoms with Crippen LogP contribution in [0.15, 0.2) is 46.7 Å². The third-order valence-electron chi connectivity index (χ3n) is 4.34. The fourth-order valence-corrected chi connectivity index (χ4v) is 4.58. The third-order valence-corrected chi connectivity index (χ3v) is 6.32. The van der Waals surface area contributed by atoms with Gasteiger partial charge in [0.15, 0.2) is 0 Å². The lowest BCUT2D eigenvalue weighted by Gasteiger charge is -2.26. The number of carbonyl (C=O) groups is 1. The van der Waals surface area contributed by atoms with Crippen LogP contribution < -0.4 is 5.32 Å². The van der Waals surface area contributed by atoms with Crippen molar-refractivity contribution in [2.45, 2.75) is 30.7 Å². The van der Waals surface area contributed by atoms with Gasteiger partial charge < -0.3 is 5.32 Å². The molecule has 0 bridgehead atoms. The first-order chi connectivity index (χ1) is 11.7. The predicted octanol–water partition coefficient (Wildman–Crippen LogP) is 4.10. The van der Waals surface area contributed by atoms with E-state index in [4.69, 9.17) is 0 Å². The molecule has 3 nitrogen and oxygen atoms in total. The van der Waals surface area contributed by atoms with Gasteiger partial charge in [-0.1, -0.05) is 23.8 Å². The summed E-state index contributed by atoms with van der Waals surface area (Å²) in [5.74, 6) is 0.585. The van der Waals surface area contributed by atoms with E-state index in [0.717, 1.165) is 18.0 Å². The van der Waals surface area contributed by atoms with E-state index in [9.17, 15) is 4.79 Å². The van der Waals surface area contributed by atoms with Crippen LogP contribution in [0.2, 0.25) is 0 Å². The smallest absolute Gasteiger partial charge is 0.230 e. The third kappa shape index (κ3) is 4.85. The molecule has 1 aromatic carbocycles. The summed E-state index contributed by atoms with van der Waals surface area (Å²) in [5.41, 5.74) is 1.24. The normalized spacial score (nSPS) is 16.2. The fraction of sp³-hybridized carbons (Fsp3) is 0.421. The van der Waals surface area contributed by atoms with Crippen LogP contribution in [0.25, 0.3) is 0 Å². The SMILES string of the molecule is Cc1ccc(SCC(=O)NCC(c2cccs2)N2CCCC2)cc1. The zero-order valence-corrected chi connectivity index (χ0v) is 15.7. The number of thioether (sulfide) groups is 1. The van der Waals surface area contributed by atoms with Crippen molar-refractivity contribution >= 4 is 29.0 Å². The standard InChI is InChI=1S/C19H24N2OS2/c1-15-6-8-16(9-7-15)24-14-19(22)20-13-17(18-5-4-12-23-18)21-10-2-3-11-21/h4-9,12,17H,2-3,10-11,13-14H2,1H3,(H,20,22). The fourth-order valence-electron chi connectivity index (χ4n) is 2.99. The van der Waals surface area contributed by atoms with Crippen LogP contribution >= 0.6 is 23.1 Å². The van der Waals surface area contributed by atoms with E-state index in [1.54, 1.807) is 23.1 Å². The Morgan fingerprint density at radius 1 is 1.25 bits per heavy atom. The molecule has 0 aliphatic carbocycles. The second-order valence-corrected chi connectivity index (χ2v) is 8.21. The lowest BCUT2D eigenvalue weighted by molar-refractivity contribution is -0.118. The molecule has 0 spiro atoms. The summed E-state index contributed by atoms with van der Waals surface area (Å²) in [6.07, 6.45) is 2.53. The number of likely N-dealkylation sites (tertiary alicyclic amines) is 1. The van der Waals surface area contributed by atoms with E-state index in [2.05, 4.69) is 58.9 Å². The molecule has 1 aliphatic heterocycles. The highest BCUT2D eigenvalue weighted by atomic mass is 32.2. The molecule has 1 fully saturated rings. The van der Waals surface area contributed by atoms with Gasteiger partial charge in [-0.3, -0.25) is 9.69 Å². The molecule has 2 aromatic rings. The Morgan fingerprint density at radius 2 is 2.00 bits per heavy atom. The summed E-state index contributed by atoms with van der Waals surface area (Å²) in [6, 6.07) is 12.9. The van der Waals surface area contributed by atoms with Crippen molar-refractivity contribution in [1.82, 2.24) is 10.2 Å². The van der Waals surface area contributed by atoms with Crippen LogP contribution in [0.4, 0.5) is 0 Å². The highest BCUT2D eigenvalue weighted by molar-refractivity contribution is 8.00. The molecule has 1 aliphatic rings. The van der Waals surface area contributed by atoms with Gasteiger partial charge in [-0.15, -0.1) is 23.1 Å². The van der Waals surface area contributed by atoms with Crippen molar-refractivity contribution in [2.75, 3.05) is 25.4 Å². The summed E-state index contributed by atoms with van der Waals surface area (Å²) in [6.45, 7) is 5.05. The molecule has 1 atom stereocenters. The van der Waals surface area contributed by atoms with Crippen molar-refractivity contribution in [3.05, 3.63) is 52.2 Å². The van der Waals surface area contributed by atoms with Crippen molar-refractivity contribution in [2.24, 2.45) is 0 Å². The maximum absolute atomic E-state index is 12.2. The van der Waals surface area contributed by atoms with Gasteiger partial charge in [0.05, 0.1) is 11.8 Å². The number of benzene rings is 1. The maximum Gasteiger partial charge on any atom is 0.230 e. The van der Waals surface area contributed by atoms with Crippen molar-refractivity contribution in [3.63, 3.8) is 0 Å². The van der Waals surface area contributed by atoms with Gasteiger partial charge in [0, 0.05) is 16.3 Å². The summed E-state index contributed by atoms with van der Waals surface area (Å²) < 4.78 is 0. The number of hydrogen-bond donors (Lipinski definition) is 1. The average molecular weight is 361 g/mol. The summed E-state index contributed by atoms with van der Waals surface area (Å²) in [5, 5.41) is 5.25. The van der Waals surface area contributed by atoms with Crippen LogP contribution in [0.3, 0.4) is 0 Å². The topological polar surface area (TPSA) is 32.3 Å². The maximum atomic E-state index is 12.2. The van der Waals surface area contributed by atoms with Crippen LogP contribution in [-0.4, -0.2) is 36.2 Å². The number of aryl methyl sites for hydroxylation is 1. The second-order valence-electron chi connectivity index (χ2n) is 6.18. The number of nitrogens with zero attached hydrogens (tertiary/aromatic N) is 1. The molecule has 1 N–H and O–H groups in total. The van der Waals surface area contributed by atoms with E-state index in [1.165, 1.54) is 23.3 Å². The molecule has 24 heavy (non-hydrogen) atoms. The highest BCUT2D eigenvalue weighted by Crippen LogP contribution is 2.28. The number of carbonyl (C=O) groups excluding carboxylic acids is 1. The van der Waals surface area contributed by atoms with Crippen LogP contribution in [-0.2, 0) is 4.79 Å². The Labute approximate surface area is 152 Å². The quantitative estimate of drug-likeness (QED) is 0.755. The number of hydrogen-bond acceptors (Lipinski definition) is 4. The van der Waals surface area contributed by atoms with Gasteiger partial charge in [0.1, 0.15) is 0 Å². The molecule has 2 heterocycles. The Bertz CT molecular complexity index is 634. The Balaban J connectivity index is 1.50. The molecule has 1 amide bonds. The van der Waals surface area contributed by atoms with Gasteiger partial charge in [0.25, 0.3) is 0 Å². The number of rotatable bonds is 7. The molecular weight excluding hydrogens is 336 g/mol. The molecule has 128 valence electrons. The Morgan fingerprint density at radius 3 is 2.67 bits per heavy atom. The first kappa shape index (κ1) is 17.5. The second kappa shape index (κ2) is 8.70. The lowest BCUT2D eigenvalue weighted by atomic mass is 10.2. The molecule has 1 unspecified atom stereocenters. The summed E-state index contributed by atoms with van der Waals surface area (Å²) in [7, 11) is 0. The predicted molar refractivity (Wildman–Crippen MR) is 103 cm³/mol. The largest absolute Gasteiger partial charge is 0.353 e. The van der Waals surface area contributed by atoms with Gasteiger partial charge >= 0.3 is 0 Å². The number of amides is 1. The summed E-state index contributed by atoms with van der Waals surface area (Å²) >= 11 is 3.38. The van der Waals surface area contributed by atoms with Crippen molar-refractivity contribution in [1.29, 1.82) is 0 Å². The molecule has 1 aromatic heterocycles. The zero-order chi connectivity index (χ0) is 16.8. The first-order valence-corrected chi connectivity index (χ1v) is 10.3. The zero-order valence-electron chi connectivity index (χ0n) is 14.0. The van der Waals surface area contributed by atoms with E-state index < -0.39 is 0 Å². The van der Waals surface area contributed by atoms with Gasteiger partial charge in [-0.05, 0) is 56.4 Å². The lowest BCUT2D eigenvalue weighted by Crippen LogP contribution is -2.37. The minimum atomic E-state index is 0.112. The Hall–Kier alpha value is -1.30. The minimum Gasteiger partial charge on any atom is -0.353 e. The van der Waals surface area contributed by atoms with Crippen LogP contribution in [0, 0.1) is 6.92 Å². The molecular formula is C19H24N2OS2. The van der Waals surface area contributed by atoms with E-state index in [1.807, 2.05) is 0 Å². The first-order valence-electron chi connectivity index (χ1n) is 8.46.